The predicted molar refractivity (Wildman–Crippen MR) is 136 cm³/mol. The molecule has 0 radical (unpaired) electrons. The summed E-state index contributed by atoms with van der Waals surface area (Å²) in [6.07, 6.45) is 0. The predicted octanol–water partition coefficient (Wildman–Crippen LogP) is 3.67. The van der Waals surface area contributed by atoms with Crippen LogP contribution >= 0.6 is 0 Å². The number of rotatable bonds is 7. The quantitative estimate of drug-likeness (QED) is 0.528. The number of hydrogen-bond donors (Lipinski definition) is 1. The summed E-state index contributed by atoms with van der Waals surface area (Å²) in [5, 5.41) is 3.30. The highest BCUT2D eigenvalue weighted by Gasteiger charge is 2.31. The molecule has 35 heavy (non-hydrogen) atoms. The Morgan fingerprint density at radius 2 is 1.54 bits per heavy atom. The molecule has 1 aromatic heterocycles. The van der Waals surface area contributed by atoms with E-state index in [2.05, 4.69) is 15.3 Å². The van der Waals surface area contributed by atoms with Gasteiger partial charge in [-0.05, 0) is 56.2 Å². The fourth-order valence-corrected chi connectivity index (χ4v) is 5.80. The molecule has 2 heterocycles. The summed E-state index contributed by atoms with van der Waals surface area (Å²) < 4.78 is 38.9. The fraction of sp³-hybridized carbons (Fsp3) is 0.360. The Hall–Kier alpha value is -3.37. The highest BCUT2D eigenvalue weighted by Crippen LogP contribution is 2.29. The van der Waals surface area contributed by atoms with Crippen LogP contribution in [0.4, 0.5) is 17.5 Å². The number of hydrogen-bond acceptors (Lipinski definition) is 8. The normalized spacial score (nSPS) is 14.6. The van der Waals surface area contributed by atoms with Crippen LogP contribution in [0.1, 0.15) is 16.8 Å². The number of anilines is 3. The van der Waals surface area contributed by atoms with Gasteiger partial charge in [0.2, 0.25) is 16.0 Å². The van der Waals surface area contributed by atoms with Crippen molar-refractivity contribution in [2.75, 3.05) is 50.6 Å². The van der Waals surface area contributed by atoms with E-state index in [-0.39, 0.29) is 4.90 Å². The van der Waals surface area contributed by atoms with Crippen LogP contribution in [-0.4, -0.2) is 63.1 Å². The summed E-state index contributed by atoms with van der Waals surface area (Å²) in [5.74, 6) is 2.60. The molecule has 1 N–H and O–H groups in total. The Morgan fingerprint density at radius 1 is 0.857 bits per heavy atom. The topological polar surface area (TPSA) is 96.9 Å². The molecule has 1 aliphatic rings. The third-order valence-electron chi connectivity index (χ3n) is 6.04. The SMILES string of the molecule is COc1ccc(Nc2cc(C)nc(N3CCN(S(=O)(=O)c4cc(OC)c(C)cc4C)CC3)n2)cc1. The second-order valence-electron chi connectivity index (χ2n) is 8.53. The molecule has 2 aromatic carbocycles. The molecule has 186 valence electrons. The first-order chi connectivity index (χ1) is 16.7. The first-order valence-corrected chi connectivity index (χ1v) is 12.8. The zero-order valence-corrected chi connectivity index (χ0v) is 21.5. The van der Waals surface area contributed by atoms with Gasteiger partial charge in [0.05, 0.1) is 19.1 Å². The third-order valence-corrected chi connectivity index (χ3v) is 8.08. The molecule has 0 bridgehead atoms. The number of ether oxygens (including phenoxy) is 2. The molecule has 0 unspecified atom stereocenters. The van der Waals surface area contributed by atoms with E-state index >= 15 is 0 Å². The minimum Gasteiger partial charge on any atom is -0.497 e. The fourth-order valence-electron chi connectivity index (χ4n) is 4.16. The average Bonchev–Trinajstić information content (AvgIpc) is 2.84. The number of benzene rings is 2. The molecule has 0 amide bonds. The number of piperazine rings is 1. The van der Waals surface area contributed by atoms with Crippen LogP contribution in [0.15, 0.2) is 47.4 Å². The lowest BCUT2D eigenvalue weighted by atomic mass is 10.1. The van der Waals surface area contributed by atoms with Gasteiger partial charge in [0.1, 0.15) is 17.3 Å². The van der Waals surface area contributed by atoms with Crippen molar-refractivity contribution in [3.63, 3.8) is 0 Å². The van der Waals surface area contributed by atoms with E-state index in [9.17, 15) is 8.42 Å². The van der Waals surface area contributed by atoms with Crippen LogP contribution in [0, 0.1) is 20.8 Å². The van der Waals surface area contributed by atoms with E-state index in [0.29, 0.717) is 49.3 Å². The number of sulfonamides is 1. The maximum atomic E-state index is 13.4. The van der Waals surface area contributed by atoms with Crippen molar-refractivity contribution in [1.82, 2.24) is 14.3 Å². The highest BCUT2D eigenvalue weighted by atomic mass is 32.2. The minimum absolute atomic E-state index is 0.284. The van der Waals surface area contributed by atoms with Crippen LogP contribution in [0.25, 0.3) is 0 Å². The molecule has 10 heteroatoms. The van der Waals surface area contributed by atoms with Gasteiger partial charge >= 0.3 is 0 Å². The zero-order chi connectivity index (χ0) is 25.2. The smallest absolute Gasteiger partial charge is 0.243 e. The van der Waals surface area contributed by atoms with Gasteiger partial charge in [-0.2, -0.15) is 9.29 Å². The van der Waals surface area contributed by atoms with E-state index in [0.717, 1.165) is 22.7 Å². The maximum Gasteiger partial charge on any atom is 0.243 e. The van der Waals surface area contributed by atoms with Gasteiger partial charge in [-0.15, -0.1) is 0 Å². The van der Waals surface area contributed by atoms with Gasteiger partial charge in [0, 0.05) is 49.7 Å². The first-order valence-electron chi connectivity index (χ1n) is 11.4. The zero-order valence-electron chi connectivity index (χ0n) is 20.7. The molecule has 1 fully saturated rings. The molecule has 0 aliphatic carbocycles. The van der Waals surface area contributed by atoms with Crippen LogP contribution < -0.4 is 19.7 Å². The standard InChI is InChI=1S/C25H31N5O4S/c1-17-14-18(2)23(16-22(17)34-5)35(31,32)30-12-10-29(11-13-30)25-26-19(3)15-24(28-25)27-20-6-8-21(33-4)9-7-20/h6-9,14-16H,10-13H2,1-5H3,(H,26,27,28). The molecule has 1 saturated heterocycles. The van der Waals surface area contributed by atoms with Crippen molar-refractivity contribution in [2.24, 2.45) is 0 Å². The van der Waals surface area contributed by atoms with Gasteiger partial charge in [-0.3, -0.25) is 0 Å². The second kappa shape index (κ2) is 10.1. The van der Waals surface area contributed by atoms with Gasteiger partial charge < -0.3 is 19.7 Å². The first kappa shape index (κ1) is 24.7. The van der Waals surface area contributed by atoms with E-state index in [1.54, 1.807) is 20.3 Å². The second-order valence-corrected chi connectivity index (χ2v) is 10.4. The van der Waals surface area contributed by atoms with Gasteiger partial charge in [0.15, 0.2) is 0 Å². The van der Waals surface area contributed by atoms with Crippen LogP contribution in [-0.2, 0) is 10.0 Å². The Morgan fingerprint density at radius 3 is 2.17 bits per heavy atom. The lowest BCUT2D eigenvalue weighted by Crippen LogP contribution is -2.49. The summed E-state index contributed by atoms with van der Waals surface area (Å²) in [5.41, 5.74) is 3.32. The number of aromatic nitrogens is 2. The largest absolute Gasteiger partial charge is 0.497 e. The molecular weight excluding hydrogens is 466 g/mol. The lowest BCUT2D eigenvalue weighted by Gasteiger charge is -2.34. The van der Waals surface area contributed by atoms with Crippen molar-refractivity contribution in [1.29, 1.82) is 0 Å². The molecule has 1 aliphatic heterocycles. The number of aryl methyl sites for hydroxylation is 3. The van der Waals surface area contributed by atoms with Crippen LogP contribution in [0.5, 0.6) is 11.5 Å². The monoisotopic (exact) mass is 497 g/mol. The number of methoxy groups -OCH3 is 2. The Labute approximate surface area is 206 Å². The lowest BCUT2D eigenvalue weighted by molar-refractivity contribution is 0.381. The Kier molecular flexibility index (Phi) is 7.13. The van der Waals surface area contributed by atoms with Crippen LogP contribution in [0.2, 0.25) is 0 Å². The summed E-state index contributed by atoms with van der Waals surface area (Å²) >= 11 is 0. The van der Waals surface area contributed by atoms with E-state index in [1.807, 2.05) is 62.1 Å². The maximum absolute atomic E-state index is 13.4. The van der Waals surface area contributed by atoms with Gasteiger partial charge in [0.25, 0.3) is 0 Å². The van der Waals surface area contributed by atoms with Crippen molar-refractivity contribution >= 4 is 27.5 Å². The summed E-state index contributed by atoms with van der Waals surface area (Å²) in [6, 6.07) is 12.9. The molecule has 4 rings (SSSR count). The number of nitrogens with one attached hydrogen (secondary N) is 1. The van der Waals surface area contributed by atoms with Crippen molar-refractivity contribution in [3.8, 4) is 11.5 Å². The van der Waals surface area contributed by atoms with Crippen molar-refractivity contribution < 1.29 is 17.9 Å². The summed E-state index contributed by atoms with van der Waals surface area (Å²) in [6.45, 7) is 7.30. The Bertz CT molecular complexity index is 1300. The molecule has 3 aromatic rings. The van der Waals surface area contributed by atoms with Crippen molar-refractivity contribution in [3.05, 3.63) is 59.3 Å². The molecule has 0 atom stereocenters. The van der Waals surface area contributed by atoms with Gasteiger partial charge in [-0.25, -0.2) is 13.4 Å². The minimum atomic E-state index is -3.65. The summed E-state index contributed by atoms with van der Waals surface area (Å²) in [4.78, 5) is 11.6. The average molecular weight is 498 g/mol. The summed E-state index contributed by atoms with van der Waals surface area (Å²) in [7, 11) is -0.468. The van der Waals surface area contributed by atoms with Gasteiger partial charge in [-0.1, -0.05) is 6.07 Å². The molecule has 0 spiro atoms. The Balaban J connectivity index is 1.48. The van der Waals surface area contributed by atoms with E-state index in [4.69, 9.17) is 9.47 Å². The highest BCUT2D eigenvalue weighted by molar-refractivity contribution is 7.89. The molecule has 0 saturated carbocycles. The van der Waals surface area contributed by atoms with Crippen molar-refractivity contribution in [2.45, 2.75) is 25.7 Å². The van der Waals surface area contributed by atoms with Crippen LogP contribution in [0.3, 0.4) is 0 Å². The van der Waals surface area contributed by atoms with E-state index in [1.165, 1.54) is 4.31 Å². The number of nitrogens with zero attached hydrogens (tertiary/aromatic N) is 4. The third kappa shape index (κ3) is 5.33. The molecule has 9 nitrogen and oxygen atoms in total. The van der Waals surface area contributed by atoms with E-state index < -0.39 is 10.0 Å². The molecular formula is C25H31N5O4S.